The smallest absolute Gasteiger partial charge is 0.307 e. The van der Waals surface area contributed by atoms with Gasteiger partial charge in [-0.3, -0.25) is 9.59 Å². The molecule has 0 spiro atoms. The molecule has 0 aliphatic carbocycles. The van der Waals surface area contributed by atoms with Gasteiger partial charge in [0.15, 0.2) is 16.2 Å². The Bertz CT molecular complexity index is 943. The molecule has 0 saturated carbocycles. The zero-order chi connectivity index (χ0) is 18.5. The summed E-state index contributed by atoms with van der Waals surface area (Å²) in [6.45, 7) is 1.76. The van der Waals surface area contributed by atoms with Crippen molar-refractivity contribution in [2.75, 3.05) is 5.32 Å². The second-order valence-corrected chi connectivity index (χ2v) is 6.03. The van der Waals surface area contributed by atoms with Crippen LogP contribution in [0.5, 0.6) is 0 Å². The molecule has 26 heavy (non-hydrogen) atoms. The van der Waals surface area contributed by atoms with Crippen molar-refractivity contribution in [1.82, 2.24) is 5.43 Å². The molecule has 7 nitrogen and oxygen atoms in total. The predicted octanol–water partition coefficient (Wildman–Crippen LogP) is 4.04. The Morgan fingerprint density at radius 2 is 1.77 bits per heavy atom. The van der Waals surface area contributed by atoms with E-state index < -0.39 is 5.91 Å². The predicted molar refractivity (Wildman–Crippen MR) is 99.2 cm³/mol. The highest BCUT2D eigenvalue weighted by Gasteiger charge is 2.11. The summed E-state index contributed by atoms with van der Waals surface area (Å²) in [6.07, 6.45) is 1.42. The lowest BCUT2D eigenvalue weighted by atomic mass is 10.1. The molecule has 0 aliphatic heterocycles. The summed E-state index contributed by atoms with van der Waals surface area (Å²) in [4.78, 5) is 23.8. The number of carbonyl (C=O) groups excluding carboxylic acids is 2. The van der Waals surface area contributed by atoms with Gasteiger partial charge in [0.1, 0.15) is 0 Å². The van der Waals surface area contributed by atoms with Crippen molar-refractivity contribution in [3.05, 3.63) is 76.5 Å². The second kappa shape index (κ2) is 7.83. The Balaban J connectivity index is 1.62. The normalized spacial score (nSPS) is 11.2. The first-order chi connectivity index (χ1) is 12.5. The van der Waals surface area contributed by atoms with E-state index in [2.05, 4.69) is 31.8 Å². The first kappa shape index (κ1) is 17.7. The first-order valence-corrected chi connectivity index (χ1v) is 8.37. The van der Waals surface area contributed by atoms with E-state index in [1.54, 1.807) is 55.5 Å². The molecule has 3 aromatic rings. The summed E-state index contributed by atoms with van der Waals surface area (Å²) in [7, 11) is 0. The van der Waals surface area contributed by atoms with Crippen LogP contribution in [-0.4, -0.2) is 17.5 Å². The fourth-order valence-corrected chi connectivity index (χ4v) is 2.39. The Kier molecular flexibility index (Phi) is 5.33. The van der Waals surface area contributed by atoms with Gasteiger partial charge in [-0.25, -0.2) is 5.43 Å². The molecule has 132 valence electrons. The molecular weight excluding hydrogens is 402 g/mol. The molecule has 0 unspecified atom stereocenters. The third kappa shape index (κ3) is 4.28. The molecule has 0 fully saturated rings. The summed E-state index contributed by atoms with van der Waals surface area (Å²) < 4.78 is 10.7. The summed E-state index contributed by atoms with van der Waals surface area (Å²) in [6, 6.07) is 13.4. The van der Waals surface area contributed by atoms with Crippen LogP contribution in [-0.2, 0) is 0 Å². The van der Waals surface area contributed by atoms with E-state index in [1.165, 1.54) is 6.26 Å². The van der Waals surface area contributed by atoms with Crippen molar-refractivity contribution in [3.63, 3.8) is 0 Å². The Labute approximate surface area is 157 Å². The number of amides is 2. The number of nitrogens with one attached hydrogen (secondary N) is 2. The third-order valence-electron chi connectivity index (χ3n) is 3.43. The zero-order valence-corrected chi connectivity index (χ0v) is 15.2. The summed E-state index contributed by atoms with van der Waals surface area (Å²) in [5.74, 6) is -0.383. The van der Waals surface area contributed by atoms with E-state index in [4.69, 9.17) is 8.83 Å². The molecule has 2 aromatic heterocycles. The lowest BCUT2D eigenvalue weighted by Crippen LogP contribution is -2.18. The lowest BCUT2D eigenvalue weighted by molar-refractivity contribution is 0.0926. The van der Waals surface area contributed by atoms with Crippen molar-refractivity contribution in [2.24, 2.45) is 5.10 Å². The highest BCUT2D eigenvalue weighted by molar-refractivity contribution is 9.10. The second-order valence-electron chi connectivity index (χ2n) is 5.25. The van der Waals surface area contributed by atoms with E-state index in [0.717, 1.165) is 5.56 Å². The van der Waals surface area contributed by atoms with E-state index in [0.29, 0.717) is 16.1 Å². The fraction of sp³-hybridized carbons (Fsp3) is 0.0556. The summed E-state index contributed by atoms with van der Waals surface area (Å²) >= 11 is 3.15. The van der Waals surface area contributed by atoms with E-state index >= 15 is 0 Å². The minimum absolute atomic E-state index is 0.184. The summed E-state index contributed by atoms with van der Waals surface area (Å²) in [5, 5.41) is 6.77. The van der Waals surface area contributed by atoms with Crippen molar-refractivity contribution in [2.45, 2.75) is 6.92 Å². The van der Waals surface area contributed by atoms with Crippen LogP contribution in [0.3, 0.4) is 0 Å². The van der Waals surface area contributed by atoms with Crippen molar-refractivity contribution in [3.8, 4) is 0 Å². The molecule has 3 rings (SSSR count). The lowest BCUT2D eigenvalue weighted by Gasteiger charge is -2.05. The van der Waals surface area contributed by atoms with E-state index in [1.807, 2.05) is 0 Å². The number of hydrogen-bond acceptors (Lipinski definition) is 5. The van der Waals surface area contributed by atoms with Gasteiger partial charge in [-0.15, -0.1) is 0 Å². The van der Waals surface area contributed by atoms with Gasteiger partial charge in [0.05, 0.1) is 12.0 Å². The number of anilines is 1. The third-order valence-corrected chi connectivity index (χ3v) is 3.85. The zero-order valence-electron chi connectivity index (χ0n) is 13.7. The fourth-order valence-electron chi connectivity index (χ4n) is 2.09. The van der Waals surface area contributed by atoms with Crippen molar-refractivity contribution >= 4 is 39.1 Å². The maximum Gasteiger partial charge on any atom is 0.307 e. The molecule has 0 atom stereocenters. The molecule has 2 N–H and O–H groups in total. The minimum atomic E-state index is -0.428. The van der Waals surface area contributed by atoms with Crippen molar-refractivity contribution in [1.29, 1.82) is 0 Å². The van der Waals surface area contributed by atoms with Gasteiger partial charge in [-0.1, -0.05) is 12.1 Å². The van der Waals surface area contributed by atoms with Gasteiger partial charge in [0, 0.05) is 5.69 Å². The van der Waals surface area contributed by atoms with Gasteiger partial charge < -0.3 is 14.2 Å². The molecule has 0 bridgehead atoms. The standard InChI is InChI=1S/C18H14BrN3O4/c1-11(21-22-18(24)14-3-2-10-25-14)12-4-6-13(7-5-12)20-17(23)15-8-9-16(19)26-15/h2-10H,1H3,(H,20,23)(H,22,24)/b21-11+. The SMILES string of the molecule is C/C(=N\NC(=O)c1ccco1)c1ccc(NC(=O)c2ccc(Br)o2)cc1. The molecule has 8 heteroatoms. The molecule has 1 aromatic carbocycles. The van der Waals surface area contributed by atoms with E-state index in [-0.39, 0.29) is 17.4 Å². The van der Waals surface area contributed by atoms with Gasteiger partial charge >= 0.3 is 5.91 Å². The minimum Gasteiger partial charge on any atom is -0.459 e. The largest absolute Gasteiger partial charge is 0.459 e. The van der Waals surface area contributed by atoms with Gasteiger partial charge in [-0.05, 0) is 64.8 Å². The molecule has 0 radical (unpaired) electrons. The number of nitrogens with zero attached hydrogens (tertiary/aromatic N) is 1. The highest BCUT2D eigenvalue weighted by atomic mass is 79.9. The average molecular weight is 416 g/mol. The number of carbonyl (C=O) groups is 2. The van der Waals surface area contributed by atoms with Crippen LogP contribution in [0.15, 0.2) is 73.4 Å². The quantitative estimate of drug-likeness (QED) is 0.485. The Morgan fingerprint density at radius 1 is 1.00 bits per heavy atom. The van der Waals surface area contributed by atoms with Crippen LogP contribution < -0.4 is 10.7 Å². The first-order valence-electron chi connectivity index (χ1n) is 7.58. The number of furan rings is 2. The van der Waals surface area contributed by atoms with Crippen molar-refractivity contribution < 1.29 is 18.4 Å². The van der Waals surface area contributed by atoms with Crippen LogP contribution in [0.1, 0.15) is 33.6 Å². The molecular formula is C18H14BrN3O4. The Morgan fingerprint density at radius 3 is 2.38 bits per heavy atom. The van der Waals surface area contributed by atoms with Crippen LogP contribution in [0.4, 0.5) is 5.69 Å². The highest BCUT2D eigenvalue weighted by Crippen LogP contribution is 2.16. The monoisotopic (exact) mass is 415 g/mol. The number of hydrogen-bond donors (Lipinski definition) is 2. The maximum absolute atomic E-state index is 12.0. The van der Waals surface area contributed by atoms with Crippen LogP contribution in [0.2, 0.25) is 0 Å². The average Bonchev–Trinajstić information content (AvgIpc) is 3.31. The molecule has 2 heterocycles. The number of rotatable bonds is 5. The molecule has 0 saturated heterocycles. The van der Waals surface area contributed by atoms with Gasteiger partial charge in [0.25, 0.3) is 5.91 Å². The van der Waals surface area contributed by atoms with Crippen LogP contribution >= 0.6 is 15.9 Å². The Hall–Kier alpha value is -3.13. The molecule has 0 aliphatic rings. The van der Waals surface area contributed by atoms with Gasteiger partial charge in [-0.2, -0.15) is 5.10 Å². The molecule has 2 amide bonds. The summed E-state index contributed by atoms with van der Waals surface area (Å²) in [5.41, 5.74) is 4.44. The number of benzene rings is 1. The van der Waals surface area contributed by atoms with Gasteiger partial charge in [0.2, 0.25) is 0 Å². The maximum atomic E-state index is 12.0. The van der Waals surface area contributed by atoms with Crippen LogP contribution in [0.25, 0.3) is 0 Å². The topological polar surface area (TPSA) is 96.8 Å². The number of hydrazone groups is 1. The van der Waals surface area contributed by atoms with Crippen LogP contribution in [0, 0.1) is 0 Å². The van der Waals surface area contributed by atoms with E-state index in [9.17, 15) is 9.59 Å². The number of halogens is 1.